The van der Waals surface area contributed by atoms with Crippen LogP contribution in [0.1, 0.15) is 11.1 Å². The lowest BCUT2D eigenvalue weighted by molar-refractivity contribution is 0.323. The SMILES string of the molecule is COc1cccc(CNCc2cc(OC)c(OC)c(OC)c2)c1OC. The van der Waals surface area contributed by atoms with Crippen LogP contribution in [-0.4, -0.2) is 35.5 Å². The molecule has 0 aromatic heterocycles. The van der Waals surface area contributed by atoms with Gasteiger partial charge < -0.3 is 29.0 Å². The van der Waals surface area contributed by atoms with E-state index in [0.717, 1.165) is 22.6 Å². The maximum Gasteiger partial charge on any atom is 0.203 e. The van der Waals surface area contributed by atoms with Crippen molar-refractivity contribution >= 4 is 0 Å². The molecule has 0 unspecified atom stereocenters. The smallest absolute Gasteiger partial charge is 0.203 e. The maximum atomic E-state index is 5.45. The zero-order valence-electron chi connectivity index (χ0n) is 15.3. The lowest BCUT2D eigenvalue weighted by atomic mass is 10.1. The van der Waals surface area contributed by atoms with Crippen molar-refractivity contribution in [2.75, 3.05) is 35.5 Å². The normalized spacial score (nSPS) is 10.3. The number of methoxy groups -OCH3 is 5. The van der Waals surface area contributed by atoms with Crippen LogP contribution in [0.3, 0.4) is 0 Å². The largest absolute Gasteiger partial charge is 0.493 e. The molecule has 0 fully saturated rings. The molecule has 0 aliphatic heterocycles. The number of nitrogens with one attached hydrogen (secondary N) is 1. The summed E-state index contributed by atoms with van der Waals surface area (Å²) in [7, 11) is 8.07. The monoisotopic (exact) mass is 347 g/mol. The fourth-order valence-electron chi connectivity index (χ4n) is 2.67. The standard InChI is InChI=1S/C19H25NO5/c1-21-15-8-6-7-14(18(15)24-4)12-20-11-13-9-16(22-2)19(25-5)17(10-13)23-3/h6-10,20H,11-12H2,1-5H3. The van der Waals surface area contributed by atoms with Gasteiger partial charge in [0.15, 0.2) is 23.0 Å². The van der Waals surface area contributed by atoms with Crippen molar-refractivity contribution < 1.29 is 23.7 Å². The molecule has 0 atom stereocenters. The molecule has 1 N–H and O–H groups in total. The first-order valence-electron chi connectivity index (χ1n) is 7.87. The quantitative estimate of drug-likeness (QED) is 0.752. The number of para-hydroxylation sites is 1. The van der Waals surface area contributed by atoms with E-state index in [-0.39, 0.29) is 0 Å². The van der Waals surface area contributed by atoms with Crippen LogP contribution in [0, 0.1) is 0 Å². The number of hydrogen-bond acceptors (Lipinski definition) is 6. The third kappa shape index (κ3) is 4.28. The van der Waals surface area contributed by atoms with Gasteiger partial charge in [-0.2, -0.15) is 0 Å². The summed E-state index contributed by atoms with van der Waals surface area (Å²) in [4.78, 5) is 0. The van der Waals surface area contributed by atoms with E-state index in [1.807, 2.05) is 30.3 Å². The average Bonchev–Trinajstić information content (AvgIpc) is 2.66. The number of ether oxygens (including phenoxy) is 5. The van der Waals surface area contributed by atoms with Crippen LogP contribution >= 0.6 is 0 Å². The Hall–Kier alpha value is -2.60. The maximum absolute atomic E-state index is 5.45. The molecule has 6 heteroatoms. The summed E-state index contributed by atoms with van der Waals surface area (Å²) in [5.74, 6) is 3.32. The van der Waals surface area contributed by atoms with Crippen LogP contribution in [-0.2, 0) is 13.1 Å². The van der Waals surface area contributed by atoms with E-state index in [9.17, 15) is 0 Å². The van der Waals surface area contributed by atoms with E-state index in [4.69, 9.17) is 23.7 Å². The second-order valence-corrected chi connectivity index (χ2v) is 5.29. The predicted octanol–water partition coefficient (Wildman–Crippen LogP) is 3.02. The molecule has 0 spiro atoms. The van der Waals surface area contributed by atoms with Gasteiger partial charge in [-0.1, -0.05) is 12.1 Å². The van der Waals surface area contributed by atoms with E-state index in [0.29, 0.717) is 30.3 Å². The Labute approximate surface area is 148 Å². The Morgan fingerprint density at radius 2 is 1.28 bits per heavy atom. The van der Waals surface area contributed by atoms with Crippen LogP contribution < -0.4 is 29.0 Å². The van der Waals surface area contributed by atoms with Gasteiger partial charge in [-0.25, -0.2) is 0 Å². The lowest BCUT2D eigenvalue weighted by Crippen LogP contribution is -2.14. The molecule has 2 rings (SSSR count). The molecule has 0 saturated carbocycles. The van der Waals surface area contributed by atoms with Crippen LogP contribution in [0.5, 0.6) is 28.7 Å². The van der Waals surface area contributed by atoms with Crippen LogP contribution in [0.25, 0.3) is 0 Å². The van der Waals surface area contributed by atoms with Gasteiger partial charge in [-0.15, -0.1) is 0 Å². The highest BCUT2D eigenvalue weighted by molar-refractivity contribution is 5.54. The number of hydrogen-bond donors (Lipinski definition) is 1. The number of benzene rings is 2. The van der Waals surface area contributed by atoms with Gasteiger partial charge in [-0.3, -0.25) is 0 Å². The van der Waals surface area contributed by atoms with Crippen molar-refractivity contribution in [3.8, 4) is 28.7 Å². The van der Waals surface area contributed by atoms with Gasteiger partial charge in [0, 0.05) is 18.7 Å². The highest BCUT2D eigenvalue weighted by atomic mass is 16.5. The number of rotatable bonds is 9. The first kappa shape index (κ1) is 18.7. The Bertz CT molecular complexity index is 677. The van der Waals surface area contributed by atoms with Crippen molar-refractivity contribution in [2.45, 2.75) is 13.1 Å². The molecule has 0 aliphatic carbocycles. The molecule has 6 nitrogen and oxygen atoms in total. The molecule has 0 amide bonds. The third-order valence-corrected chi connectivity index (χ3v) is 3.85. The van der Waals surface area contributed by atoms with E-state index in [2.05, 4.69) is 5.32 Å². The summed E-state index contributed by atoms with van der Waals surface area (Å²) in [6, 6.07) is 9.68. The molecule has 2 aromatic carbocycles. The van der Waals surface area contributed by atoms with Crippen molar-refractivity contribution in [1.29, 1.82) is 0 Å². The van der Waals surface area contributed by atoms with Gasteiger partial charge in [-0.05, 0) is 23.8 Å². The zero-order valence-corrected chi connectivity index (χ0v) is 15.3. The predicted molar refractivity (Wildman–Crippen MR) is 96.2 cm³/mol. The zero-order chi connectivity index (χ0) is 18.2. The van der Waals surface area contributed by atoms with Gasteiger partial charge >= 0.3 is 0 Å². The Kier molecular flexibility index (Phi) is 6.77. The summed E-state index contributed by atoms with van der Waals surface area (Å²) in [6.45, 7) is 1.27. The third-order valence-electron chi connectivity index (χ3n) is 3.85. The van der Waals surface area contributed by atoms with E-state index >= 15 is 0 Å². The van der Waals surface area contributed by atoms with E-state index < -0.39 is 0 Å². The Morgan fingerprint density at radius 3 is 1.80 bits per heavy atom. The minimum absolute atomic E-state index is 0.586. The highest BCUT2D eigenvalue weighted by Crippen LogP contribution is 2.38. The molecule has 136 valence electrons. The molecule has 25 heavy (non-hydrogen) atoms. The van der Waals surface area contributed by atoms with E-state index in [1.54, 1.807) is 35.5 Å². The summed E-state index contributed by atoms with van der Waals surface area (Å²) < 4.78 is 26.9. The van der Waals surface area contributed by atoms with Crippen molar-refractivity contribution in [3.05, 3.63) is 41.5 Å². The summed E-state index contributed by atoms with van der Waals surface area (Å²) >= 11 is 0. The minimum Gasteiger partial charge on any atom is -0.493 e. The summed E-state index contributed by atoms with van der Waals surface area (Å²) in [6.07, 6.45) is 0. The first-order valence-corrected chi connectivity index (χ1v) is 7.87. The van der Waals surface area contributed by atoms with Gasteiger partial charge in [0.05, 0.1) is 35.5 Å². The van der Waals surface area contributed by atoms with Gasteiger partial charge in [0.1, 0.15) is 0 Å². The average molecular weight is 347 g/mol. The molecule has 0 saturated heterocycles. The van der Waals surface area contributed by atoms with Crippen LogP contribution in [0.4, 0.5) is 0 Å². The Balaban J connectivity index is 2.12. The molecule has 0 radical (unpaired) electrons. The van der Waals surface area contributed by atoms with Crippen LogP contribution in [0.15, 0.2) is 30.3 Å². The molecule has 0 heterocycles. The van der Waals surface area contributed by atoms with Gasteiger partial charge in [0.2, 0.25) is 5.75 Å². The molecule has 0 aliphatic rings. The lowest BCUT2D eigenvalue weighted by Gasteiger charge is -2.15. The highest BCUT2D eigenvalue weighted by Gasteiger charge is 2.13. The molecular weight excluding hydrogens is 322 g/mol. The molecule has 0 bridgehead atoms. The Morgan fingerprint density at radius 1 is 0.680 bits per heavy atom. The minimum atomic E-state index is 0.586. The topological polar surface area (TPSA) is 58.2 Å². The molecular formula is C19H25NO5. The van der Waals surface area contributed by atoms with Crippen LogP contribution in [0.2, 0.25) is 0 Å². The van der Waals surface area contributed by atoms with Gasteiger partial charge in [0.25, 0.3) is 0 Å². The molecule has 2 aromatic rings. The summed E-state index contributed by atoms with van der Waals surface area (Å²) in [5, 5.41) is 3.40. The fourth-order valence-corrected chi connectivity index (χ4v) is 2.67. The fraction of sp³-hybridized carbons (Fsp3) is 0.368. The van der Waals surface area contributed by atoms with Crippen molar-refractivity contribution in [1.82, 2.24) is 5.32 Å². The summed E-state index contributed by atoms with van der Waals surface area (Å²) in [5.41, 5.74) is 2.05. The second-order valence-electron chi connectivity index (χ2n) is 5.29. The first-order chi connectivity index (χ1) is 12.2. The van der Waals surface area contributed by atoms with Crippen molar-refractivity contribution in [3.63, 3.8) is 0 Å². The van der Waals surface area contributed by atoms with E-state index in [1.165, 1.54) is 0 Å². The second kappa shape index (κ2) is 9.03. The van der Waals surface area contributed by atoms with Crippen molar-refractivity contribution in [2.24, 2.45) is 0 Å².